The van der Waals surface area contributed by atoms with Crippen molar-refractivity contribution in [3.8, 4) is 39.3 Å². The van der Waals surface area contributed by atoms with Crippen LogP contribution in [0.15, 0.2) is 140 Å². The summed E-state index contributed by atoms with van der Waals surface area (Å²) in [6, 6.07) is 48.3. The second kappa shape index (κ2) is 13.0. The van der Waals surface area contributed by atoms with E-state index < -0.39 is 0 Å². The van der Waals surface area contributed by atoms with Gasteiger partial charge in [0.1, 0.15) is 60.7 Å². The number of hydrogen-bond acceptors (Lipinski definition) is 1. The van der Waals surface area contributed by atoms with Crippen LogP contribution < -0.4 is 38.2 Å². The van der Waals surface area contributed by atoms with Gasteiger partial charge in [0, 0.05) is 11.3 Å². The molecule has 10 rings (SSSR count). The van der Waals surface area contributed by atoms with Gasteiger partial charge in [-0.2, -0.15) is 0 Å². The molecule has 9 heteroatoms. The molecule has 0 aliphatic carbocycles. The highest BCUT2D eigenvalue weighted by Crippen LogP contribution is 2.43. The Bertz CT molecular complexity index is 3220. The van der Waals surface area contributed by atoms with Gasteiger partial charge in [-0.3, -0.25) is 4.57 Å². The number of para-hydroxylation sites is 2. The normalized spacial score (nSPS) is 11.7. The molecule has 0 fully saturated rings. The lowest BCUT2D eigenvalue weighted by Gasteiger charge is -2.27. The fraction of sp³-hybridized carbons (Fsp3) is 0. The van der Waals surface area contributed by atoms with Gasteiger partial charge >= 0.3 is 0 Å². The van der Waals surface area contributed by atoms with Crippen molar-refractivity contribution in [2.24, 2.45) is 0 Å². The number of aromatic nitrogens is 2. The number of imidazole rings is 1. The van der Waals surface area contributed by atoms with E-state index in [0.717, 1.165) is 66.3 Å². The fourth-order valence-electron chi connectivity index (χ4n) is 8.49. The molecule has 56 heavy (non-hydrogen) atoms. The molecule has 0 atom stereocenters. The van der Waals surface area contributed by atoms with E-state index in [-0.39, 0.29) is 32.8 Å². The van der Waals surface area contributed by atoms with Gasteiger partial charge < -0.3 is 0 Å². The fourth-order valence-corrected chi connectivity index (χ4v) is 8.49. The zero-order valence-corrected chi connectivity index (χ0v) is 30.2. The Labute approximate surface area is 334 Å². The third kappa shape index (κ3) is 5.03. The third-order valence-electron chi connectivity index (χ3n) is 11.2. The molecule has 14 radical (unpaired) electrons. The SMILES string of the molecule is [B]c1c([B])c([B])c2c([B])c(-c3c4ccccc4c(-c4ccc(-c5nc6ccccc6n5-c5ccc6ccccc6c5)cc4)c4ccccc34)c([B])c([B])c2c1[B]. The quantitative estimate of drug-likeness (QED) is 0.200. The van der Waals surface area contributed by atoms with Gasteiger partial charge in [0.05, 0.1) is 11.0 Å². The van der Waals surface area contributed by atoms with Crippen LogP contribution in [0.25, 0.3) is 93.5 Å². The van der Waals surface area contributed by atoms with Crippen LogP contribution >= 0.6 is 0 Å². The molecule has 0 N–H and O–H groups in total. The average Bonchev–Trinajstić information content (AvgIpc) is 3.63. The lowest BCUT2D eigenvalue weighted by Crippen LogP contribution is -2.52. The van der Waals surface area contributed by atoms with Gasteiger partial charge in [-0.1, -0.05) is 143 Å². The lowest BCUT2D eigenvalue weighted by atomic mass is 9.58. The average molecular weight is 691 g/mol. The zero-order valence-electron chi connectivity index (χ0n) is 30.2. The molecule has 1 aromatic heterocycles. The zero-order chi connectivity index (χ0) is 38.4. The van der Waals surface area contributed by atoms with Crippen LogP contribution in [0, 0.1) is 0 Å². The minimum Gasteiger partial charge on any atom is -0.292 e. The lowest BCUT2D eigenvalue weighted by molar-refractivity contribution is 1.11. The molecule has 9 aromatic carbocycles. The van der Waals surface area contributed by atoms with Gasteiger partial charge in [-0.15, -0.1) is 10.9 Å². The molecule has 0 spiro atoms. The van der Waals surface area contributed by atoms with E-state index in [1.54, 1.807) is 0 Å². The largest absolute Gasteiger partial charge is 0.292 e. The number of fused-ring (bicyclic) bond motifs is 5. The molecule has 0 saturated carbocycles. The second-order valence-corrected chi connectivity index (χ2v) is 14.2. The van der Waals surface area contributed by atoms with Crippen molar-refractivity contribution in [3.63, 3.8) is 0 Å². The molecular formula is C47H23B7N2. The Morgan fingerprint density at radius 2 is 0.875 bits per heavy atom. The van der Waals surface area contributed by atoms with Crippen molar-refractivity contribution in [2.75, 3.05) is 0 Å². The van der Waals surface area contributed by atoms with Gasteiger partial charge in [0.2, 0.25) is 0 Å². The van der Waals surface area contributed by atoms with Crippen LogP contribution in [0.4, 0.5) is 0 Å². The summed E-state index contributed by atoms with van der Waals surface area (Å²) in [4.78, 5) is 5.15. The Morgan fingerprint density at radius 3 is 1.52 bits per heavy atom. The standard InChI is InChI=1S/C47H23B7N2/c48-40-37(41(49)42(50)39-38(40)43(51)45(53)46(54)44(39)52)36-31-13-5-3-11-29(31)35(30-12-4-6-14-32(30)36)25-17-19-26(20-18-25)47-55-33-15-7-8-16-34(33)56(47)28-22-21-24-9-1-2-10-27(24)23-28/h1-23H. The van der Waals surface area contributed by atoms with E-state index in [1.807, 2.05) is 30.3 Å². The van der Waals surface area contributed by atoms with Crippen molar-refractivity contribution >= 4 is 147 Å². The molecule has 0 aliphatic heterocycles. The summed E-state index contributed by atoms with van der Waals surface area (Å²) in [7, 11) is 46.3. The highest BCUT2D eigenvalue weighted by molar-refractivity contribution is 6.72. The minimum absolute atomic E-state index is 0.144. The first-order valence-electron chi connectivity index (χ1n) is 18.3. The van der Waals surface area contributed by atoms with Crippen molar-refractivity contribution in [3.05, 3.63) is 140 Å². The van der Waals surface area contributed by atoms with E-state index in [0.29, 0.717) is 21.8 Å². The number of benzene rings is 9. The highest BCUT2D eigenvalue weighted by atomic mass is 15.1. The first-order chi connectivity index (χ1) is 27.2. The van der Waals surface area contributed by atoms with Crippen molar-refractivity contribution < 1.29 is 0 Å². The molecule has 0 saturated heterocycles. The summed E-state index contributed by atoms with van der Waals surface area (Å²) in [5.41, 5.74) is 9.05. The predicted molar refractivity (Wildman–Crippen MR) is 245 cm³/mol. The number of hydrogen-bond donors (Lipinski definition) is 0. The van der Waals surface area contributed by atoms with Gasteiger partial charge in [0.15, 0.2) is 0 Å². The van der Waals surface area contributed by atoms with Crippen molar-refractivity contribution in [1.29, 1.82) is 0 Å². The van der Waals surface area contributed by atoms with Crippen molar-refractivity contribution in [1.82, 2.24) is 9.55 Å². The van der Waals surface area contributed by atoms with Gasteiger partial charge in [-0.05, 0) is 89.6 Å². The maximum Gasteiger partial charge on any atom is 0.145 e. The number of rotatable bonds is 4. The summed E-state index contributed by atoms with van der Waals surface area (Å²) < 4.78 is 2.24. The Balaban J connectivity index is 1.19. The molecule has 0 bridgehead atoms. The van der Waals surface area contributed by atoms with E-state index in [9.17, 15) is 0 Å². The van der Waals surface area contributed by atoms with Crippen LogP contribution in [-0.4, -0.2) is 64.5 Å². The van der Waals surface area contributed by atoms with Crippen LogP contribution in [0.3, 0.4) is 0 Å². The molecule has 2 nitrogen and oxygen atoms in total. The monoisotopic (exact) mass is 692 g/mol. The molecule has 242 valence electrons. The van der Waals surface area contributed by atoms with E-state index in [2.05, 4.69) is 114 Å². The summed E-state index contributed by atoms with van der Waals surface area (Å²) >= 11 is 0. The predicted octanol–water partition coefficient (Wildman–Crippen LogP) is 4.20. The number of nitrogens with zero attached hydrogens (tertiary/aromatic N) is 2. The van der Waals surface area contributed by atoms with Gasteiger partial charge in [-0.25, -0.2) is 4.98 Å². The summed E-state index contributed by atoms with van der Waals surface area (Å²) in [6.07, 6.45) is 0. The molecule has 0 aliphatic rings. The summed E-state index contributed by atoms with van der Waals surface area (Å²) in [5.74, 6) is 0.861. The third-order valence-corrected chi connectivity index (χ3v) is 11.2. The highest BCUT2D eigenvalue weighted by Gasteiger charge is 2.23. The van der Waals surface area contributed by atoms with E-state index in [4.69, 9.17) is 59.9 Å². The van der Waals surface area contributed by atoms with Crippen LogP contribution in [0.1, 0.15) is 0 Å². The summed E-state index contributed by atoms with van der Waals surface area (Å²) in [6.45, 7) is 0. The van der Waals surface area contributed by atoms with E-state index in [1.165, 1.54) is 10.8 Å². The van der Waals surface area contributed by atoms with E-state index >= 15 is 0 Å². The Hall–Kier alpha value is -6.06. The molecule has 10 aromatic rings. The molecule has 1 heterocycles. The van der Waals surface area contributed by atoms with Gasteiger partial charge in [0.25, 0.3) is 0 Å². The summed E-state index contributed by atoms with van der Waals surface area (Å²) in [5, 5.41) is 7.09. The molecular weight excluding hydrogens is 668 g/mol. The van der Waals surface area contributed by atoms with Crippen LogP contribution in [0.5, 0.6) is 0 Å². The van der Waals surface area contributed by atoms with Crippen molar-refractivity contribution in [2.45, 2.75) is 0 Å². The molecule has 0 unspecified atom stereocenters. The smallest absolute Gasteiger partial charge is 0.145 e. The first kappa shape index (κ1) is 34.4. The molecule has 0 amide bonds. The minimum atomic E-state index is 0.144. The maximum atomic E-state index is 7.05. The Morgan fingerprint density at radius 1 is 0.375 bits per heavy atom. The topological polar surface area (TPSA) is 17.8 Å². The first-order valence-corrected chi connectivity index (χ1v) is 18.3. The Kier molecular flexibility index (Phi) is 8.01. The second-order valence-electron chi connectivity index (χ2n) is 14.2. The maximum absolute atomic E-state index is 7.05. The van der Waals surface area contributed by atoms with Crippen LogP contribution in [-0.2, 0) is 0 Å². The van der Waals surface area contributed by atoms with Crippen LogP contribution in [0.2, 0.25) is 0 Å².